The Morgan fingerprint density at radius 1 is 1.13 bits per heavy atom. The quantitative estimate of drug-likeness (QED) is 0.347. The van der Waals surface area contributed by atoms with Crippen molar-refractivity contribution in [1.82, 2.24) is 24.6 Å². The molecule has 3 aromatic heterocycles. The molecule has 1 amide bonds. The molecule has 1 aliphatic rings. The van der Waals surface area contributed by atoms with E-state index in [1.54, 1.807) is 59.4 Å². The van der Waals surface area contributed by atoms with Gasteiger partial charge in [0.1, 0.15) is 22.8 Å². The number of carbonyl (C=O) groups excluding carboxylic acids is 1. The number of hydrogen-bond donors (Lipinski definition) is 2. The van der Waals surface area contributed by atoms with Crippen LogP contribution in [0.4, 0.5) is 20.7 Å². The van der Waals surface area contributed by atoms with E-state index in [1.807, 2.05) is 32.9 Å². The first kappa shape index (κ1) is 26.6. The zero-order valence-electron chi connectivity index (χ0n) is 22.6. The van der Waals surface area contributed by atoms with Crippen LogP contribution in [-0.2, 0) is 10.3 Å². The fourth-order valence-electron chi connectivity index (χ4n) is 4.83. The lowest BCUT2D eigenvalue weighted by molar-refractivity contribution is -0.0409. The topological polar surface area (TPSA) is 105 Å². The Kier molecular flexibility index (Phi) is 6.98. The van der Waals surface area contributed by atoms with Gasteiger partial charge in [-0.25, -0.2) is 23.8 Å². The minimum atomic E-state index is -1.19. The number of carbonyl (C=O) groups is 1. The molecule has 1 atom stereocenters. The highest BCUT2D eigenvalue weighted by Crippen LogP contribution is 2.36. The van der Waals surface area contributed by atoms with Crippen LogP contribution in [0.25, 0.3) is 16.6 Å². The second-order valence-electron chi connectivity index (χ2n) is 11.1. The molecule has 204 valence electrons. The monoisotopic (exact) mass is 532 g/mol. The van der Waals surface area contributed by atoms with Crippen molar-refractivity contribution in [3.8, 4) is 5.69 Å². The van der Waals surface area contributed by atoms with Crippen LogP contribution in [-0.4, -0.2) is 54.5 Å². The van der Waals surface area contributed by atoms with Crippen LogP contribution in [0.2, 0.25) is 0 Å². The maximum Gasteiger partial charge on any atom is 0.410 e. The number of benzene rings is 1. The molecule has 0 aliphatic carbocycles. The number of aliphatic hydroxyl groups is 1. The van der Waals surface area contributed by atoms with Gasteiger partial charge in [-0.1, -0.05) is 0 Å². The SMILES string of the molecule is CC(C)(C)OC(=O)N1CCC(C(C)(O)c2ccc3cnc(Nc4ccc(-n5cccn5)cc4F)cc3n2)CC1. The lowest BCUT2D eigenvalue weighted by Gasteiger charge is -2.39. The van der Waals surface area contributed by atoms with Crippen LogP contribution in [0.1, 0.15) is 46.2 Å². The van der Waals surface area contributed by atoms with Gasteiger partial charge in [-0.2, -0.15) is 5.10 Å². The number of pyridine rings is 2. The van der Waals surface area contributed by atoms with Gasteiger partial charge in [0.15, 0.2) is 0 Å². The van der Waals surface area contributed by atoms with E-state index in [4.69, 9.17) is 9.72 Å². The van der Waals surface area contributed by atoms with E-state index >= 15 is 0 Å². The van der Waals surface area contributed by atoms with Crippen molar-refractivity contribution < 1.29 is 19.0 Å². The second-order valence-corrected chi connectivity index (χ2v) is 11.1. The van der Waals surface area contributed by atoms with Gasteiger partial charge in [0.2, 0.25) is 0 Å². The maximum atomic E-state index is 14.8. The van der Waals surface area contributed by atoms with E-state index in [0.29, 0.717) is 48.6 Å². The number of hydrogen-bond acceptors (Lipinski definition) is 7. The number of nitrogens with one attached hydrogen (secondary N) is 1. The Bertz CT molecular complexity index is 1470. The van der Waals surface area contributed by atoms with E-state index in [1.165, 1.54) is 6.07 Å². The van der Waals surface area contributed by atoms with E-state index in [9.17, 15) is 14.3 Å². The molecule has 1 aliphatic heterocycles. The standard InChI is InChI=1S/C29H33FN6O3/c1-28(2,3)39-27(37)35-14-10-20(11-15-35)29(4,38)25-9-6-19-18-31-26(17-24(19)33-25)34-23-8-7-21(16-22(23)30)36-13-5-12-32-36/h5-9,12-13,16-18,20,38H,10-11,14-15H2,1-4H3,(H,31,34). The number of piperidine rings is 1. The summed E-state index contributed by atoms with van der Waals surface area (Å²) >= 11 is 0. The lowest BCUT2D eigenvalue weighted by atomic mass is 9.79. The molecule has 2 N–H and O–H groups in total. The largest absolute Gasteiger partial charge is 0.444 e. The lowest BCUT2D eigenvalue weighted by Crippen LogP contribution is -2.46. The molecular formula is C29H33FN6O3. The molecule has 5 rings (SSSR count). The smallest absolute Gasteiger partial charge is 0.410 e. The van der Waals surface area contributed by atoms with Gasteiger partial charge >= 0.3 is 6.09 Å². The van der Waals surface area contributed by atoms with Crippen LogP contribution in [0, 0.1) is 11.7 Å². The zero-order valence-corrected chi connectivity index (χ0v) is 22.6. The summed E-state index contributed by atoms with van der Waals surface area (Å²) in [6.45, 7) is 8.32. The summed E-state index contributed by atoms with van der Waals surface area (Å²) in [5.41, 5.74) is 0.312. The average Bonchev–Trinajstić information content (AvgIpc) is 3.44. The van der Waals surface area contributed by atoms with Gasteiger partial charge in [0.25, 0.3) is 0 Å². The molecule has 0 saturated carbocycles. The fourth-order valence-corrected chi connectivity index (χ4v) is 4.83. The normalized spacial score (nSPS) is 16.2. The minimum Gasteiger partial charge on any atom is -0.444 e. The van der Waals surface area contributed by atoms with Crippen LogP contribution < -0.4 is 5.32 Å². The first-order valence-corrected chi connectivity index (χ1v) is 13.0. The Hall–Kier alpha value is -4.05. The summed E-state index contributed by atoms with van der Waals surface area (Å²) in [7, 11) is 0. The predicted molar refractivity (Wildman–Crippen MR) is 146 cm³/mol. The Morgan fingerprint density at radius 3 is 2.56 bits per heavy atom. The molecule has 0 radical (unpaired) electrons. The highest BCUT2D eigenvalue weighted by Gasteiger charge is 2.38. The molecule has 0 bridgehead atoms. The predicted octanol–water partition coefficient (Wildman–Crippen LogP) is 5.55. The second kappa shape index (κ2) is 10.3. The summed E-state index contributed by atoms with van der Waals surface area (Å²) in [5.74, 6) is -0.0848. The number of nitrogens with zero attached hydrogens (tertiary/aromatic N) is 5. The molecule has 39 heavy (non-hydrogen) atoms. The van der Waals surface area contributed by atoms with Crippen molar-refractivity contribution >= 4 is 28.5 Å². The van der Waals surface area contributed by atoms with Crippen LogP contribution in [0.3, 0.4) is 0 Å². The number of likely N-dealkylation sites (tertiary alicyclic amines) is 1. The van der Waals surface area contributed by atoms with Gasteiger partial charge in [0, 0.05) is 49.2 Å². The number of aromatic nitrogens is 4. The summed E-state index contributed by atoms with van der Waals surface area (Å²) in [6, 6.07) is 12.0. The maximum absolute atomic E-state index is 14.8. The fraction of sp³-hybridized carbons (Fsp3) is 0.379. The highest BCUT2D eigenvalue weighted by molar-refractivity contribution is 5.81. The number of halogens is 1. The number of anilines is 2. The van der Waals surface area contributed by atoms with Crippen LogP contribution in [0.5, 0.6) is 0 Å². The van der Waals surface area contributed by atoms with Crippen molar-refractivity contribution in [3.63, 3.8) is 0 Å². The summed E-state index contributed by atoms with van der Waals surface area (Å²) in [5, 5.41) is 19.5. The third kappa shape index (κ3) is 5.85. The Balaban J connectivity index is 1.31. The molecule has 0 spiro atoms. The third-order valence-electron chi connectivity index (χ3n) is 7.02. The summed E-state index contributed by atoms with van der Waals surface area (Å²) in [4.78, 5) is 23.3. The summed E-state index contributed by atoms with van der Waals surface area (Å²) in [6.07, 6.45) is 5.97. The van der Waals surface area contributed by atoms with E-state index in [0.717, 1.165) is 5.39 Å². The molecule has 4 aromatic rings. The Morgan fingerprint density at radius 2 is 1.90 bits per heavy atom. The van der Waals surface area contributed by atoms with E-state index in [2.05, 4.69) is 15.4 Å². The van der Waals surface area contributed by atoms with Crippen molar-refractivity contribution in [3.05, 3.63) is 72.6 Å². The molecule has 1 aromatic carbocycles. The number of amides is 1. The average molecular weight is 533 g/mol. The van der Waals surface area contributed by atoms with E-state index < -0.39 is 17.0 Å². The van der Waals surface area contributed by atoms with Crippen LogP contribution >= 0.6 is 0 Å². The molecule has 4 heterocycles. The molecule has 1 fully saturated rings. The zero-order chi connectivity index (χ0) is 27.8. The molecule has 1 unspecified atom stereocenters. The van der Waals surface area contributed by atoms with Crippen molar-refractivity contribution in [2.75, 3.05) is 18.4 Å². The number of ether oxygens (including phenoxy) is 1. The first-order valence-electron chi connectivity index (χ1n) is 13.0. The number of rotatable bonds is 5. The van der Waals surface area contributed by atoms with Gasteiger partial charge in [-0.3, -0.25) is 0 Å². The third-order valence-corrected chi connectivity index (χ3v) is 7.02. The van der Waals surface area contributed by atoms with E-state index in [-0.39, 0.29) is 17.7 Å². The minimum absolute atomic E-state index is 0.0806. The van der Waals surface area contributed by atoms with Gasteiger partial charge < -0.3 is 20.1 Å². The van der Waals surface area contributed by atoms with Gasteiger partial charge in [-0.05, 0) is 76.8 Å². The van der Waals surface area contributed by atoms with Crippen LogP contribution in [0.15, 0.2) is 61.1 Å². The van der Waals surface area contributed by atoms with Crippen molar-refractivity contribution in [1.29, 1.82) is 0 Å². The molecule has 9 nitrogen and oxygen atoms in total. The number of fused-ring (bicyclic) bond motifs is 1. The first-order chi connectivity index (χ1) is 18.5. The van der Waals surface area contributed by atoms with Gasteiger partial charge in [-0.15, -0.1) is 0 Å². The highest BCUT2D eigenvalue weighted by atomic mass is 19.1. The van der Waals surface area contributed by atoms with Gasteiger partial charge in [0.05, 0.1) is 22.6 Å². The van der Waals surface area contributed by atoms with Crippen molar-refractivity contribution in [2.24, 2.45) is 5.92 Å². The molecule has 10 heteroatoms. The molecular weight excluding hydrogens is 499 g/mol. The summed E-state index contributed by atoms with van der Waals surface area (Å²) < 4.78 is 21.9. The van der Waals surface area contributed by atoms with Crippen molar-refractivity contribution in [2.45, 2.75) is 51.7 Å². The Labute approximate surface area is 226 Å². The molecule has 1 saturated heterocycles.